The Hall–Kier alpha value is -3.11. The van der Waals surface area contributed by atoms with E-state index in [-0.39, 0.29) is 35.0 Å². The number of piperidine rings is 1. The molecular formula is C24H31N5O4S. The largest absolute Gasteiger partial charge is 0.548 e. The van der Waals surface area contributed by atoms with Gasteiger partial charge in [-0.05, 0) is 62.8 Å². The van der Waals surface area contributed by atoms with E-state index in [4.69, 9.17) is 9.41 Å². The van der Waals surface area contributed by atoms with Gasteiger partial charge in [0.25, 0.3) is 5.91 Å². The lowest BCUT2D eigenvalue weighted by molar-refractivity contribution is 0.0721. The van der Waals surface area contributed by atoms with Gasteiger partial charge >= 0.3 is 0 Å². The van der Waals surface area contributed by atoms with E-state index in [1.165, 1.54) is 0 Å². The number of aromatic hydroxyl groups is 1. The van der Waals surface area contributed by atoms with Gasteiger partial charge in [0.1, 0.15) is 17.6 Å². The molecular weight excluding hydrogens is 454 g/mol. The highest BCUT2D eigenvalue weighted by molar-refractivity contribution is 7.13. The van der Waals surface area contributed by atoms with Crippen molar-refractivity contribution in [2.24, 2.45) is 10.9 Å². The quantitative estimate of drug-likeness (QED) is 0.342. The number of phenolic OH excluding ortho intramolecular Hbond substituents is 1. The minimum absolute atomic E-state index is 0.105. The summed E-state index contributed by atoms with van der Waals surface area (Å²) in [7, 11) is 0. The molecule has 0 saturated carbocycles. The van der Waals surface area contributed by atoms with E-state index >= 15 is 0 Å². The third kappa shape index (κ3) is 5.02. The van der Waals surface area contributed by atoms with Gasteiger partial charge in [-0.25, -0.2) is 4.99 Å². The standard InChI is InChI=1S/C24H31N5O4S/c1-14(2)20(19-13-15(3)16(4)33-19)26-23-22(27-34(32)28-23)25-18-10-8-9-17(21(18)30)24(31)29-11-6-5-7-12-29/h8-10,13-14,20,30H,5-7,11-12H2,1-4H3,(H,25,27)(H,26,28)/t20-,34?/m1/s1. The van der Waals surface area contributed by atoms with Crippen LogP contribution in [0.4, 0.5) is 11.5 Å². The third-order valence-electron chi connectivity index (χ3n) is 6.12. The maximum absolute atomic E-state index is 12.9. The van der Waals surface area contributed by atoms with E-state index in [1.54, 1.807) is 23.1 Å². The van der Waals surface area contributed by atoms with Crippen LogP contribution in [-0.2, 0) is 0 Å². The maximum Gasteiger partial charge on any atom is 0.257 e. The van der Waals surface area contributed by atoms with Gasteiger partial charge in [0.2, 0.25) is 11.3 Å². The van der Waals surface area contributed by atoms with Crippen molar-refractivity contribution >= 4 is 28.6 Å². The van der Waals surface area contributed by atoms with Crippen LogP contribution in [0.2, 0.25) is 0 Å². The Kier molecular flexibility index (Phi) is 7.08. The molecule has 1 amide bonds. The molecule has 1 unspecified atom stereocenters. The van der Waals surface area contributed by atoms with E-state index in [2.05, 4.69) is 14.1 Å². The fourth-order valence-electron chi connectivity index (χ4n) is 4.09. The number of phenols is 1. The van der Waals surface area contributed by atoms with E-state index in [0.29, 0.717) is 30.0 Å². The molecule has 2 aromatic heterocycles. The molecule has 1 aliphatic rings. The third-order valence-corrected chi connectivity index (χ3v) is 6.84. The Morgan fingerprint density at radius 3 is 2.68 bits per heavy atom. The topological polar surface area (TPSA) is 130 Å². The normalized spacial score (nSPS) is 16.2. The molecule has 3 heterocycles. The number of carbonyl (C=O) groups is 1. The van der Waals surface area contributed by atoms with Crippen LogP contribution in [0.25, 0.3) is 0 Å². The van der Waals surface area contributed by atoms with Crippen molar-refractivity contribution in [3.05, 3.63) is 52.4 Å². The van der Waals surface area contributed by atoms with Crippen LogP contribution in [0, 0.1) is 19.8 Å². The second-order valence-electron chi connectivity index (χ2n) is 9.03. The number of furan rings is 1. The Morgan fingerprint density at radius 1 is 1.29 bits per heavy atom. The molecule has 9 nitrogen and oxygen atoms in total. The van der Waals surface area contributed by atoms with Crippen LogP contribution in [0.15, 0.2) is 33.7 Å². The van der Waals surface area contributed by atoms with Gasteiger partial charge in [0, 0.05) is 17.5 Å². The maximum atomic E-state index is 12.9. The summed E-state index contributed by atoms with van der Waals surface area (Å²) in [5.41, 5.74) is 1.85. The van der Waals surface area contributed by atoms with Gasteiger partial charge < -0.3 is 24.3 Å². The zero-order chi connectivity index (χ0) is 24.4. The number of carbonyl (C=O) groups excluding carboxylic acids is 1. The summed E-state index contributed by atoms with van der Waals surface area (Å²) in [5, 5.41) is 13.9. The van der Waals surface area contributed by atoms with Gasteiger partial charge in [-0.1, -0.05) is 19.9 Å². The molecule has 10 heteroatoms. The lowest BCUT2D eigenvalue weighted by atomic mass is 10.0. The zero-order valence-corrected chi connectivity index (χ0v) is 20.7. The number of hydrogen-bond donors (Lipinski definition) is 3. The minimum atomic E-state index is -1.71. The summed E-state index contributed by atoms with van der Waals surface area (Å²) in [6.07, 6.45) is 3.03. The first-order valence-electron chi connectivity index (χ1n) is 11.5. The number of aromatic nitrogens is 2. The van der Waals surface area contributed by atoms with Crippen molar-refractivity contribution in [2.75, 3.05) is 18.4 Å². The Bertz CT molecular complexity index is 1220. The Labute approximate surface area is 201 Å². The number of hydrogen-bond acceptors (Lipinski definition) is 7. The van der Waals surface area contributed by atoms with Gasteiger partial charge in [0.05, 0.1) is 11.3 Å². The van der Waals surface area contributed by atoms with E-state index in [0.717, 1.165) is 30.6 Å². The van der Waals surface area contributed by atoms with Gasteiger partial charge in [0.15, 0.2) is 16.9 Å². The first-order valence-corrected chi connectivity index (χ1v) is 12.7. The molecule has 4 rings (SSSR count). The number of rotatable bonds is 6. The molecule has 1 fully saturated rings. The number of benzene rings is 1. The average molecular weight is 486 g/mol. The fourth-order valence-corrected chi connectivity index (χ4v) is 4.75. The molecule has 1 aliphatic heterocycles. The van der Waals surface area contributed by atoms with Gasteiger partial charge in [-0.15, -0.1) is 4.37 Å². The number of H-pyrrole nitrogens is 1. The zero-order valence-electron chi connectivity index (χ0n) is 19.9. The first-order chi connectivity index (χ1) is 16.2. The van der Waals surface area contributed by atoms with Crippen molar-refractivity contribution < 1.29 is 18.9 Å². The van der Waals surface area contributed by atoms with Gasteiger partial charge in [-0.3, -0.25) is 4.79 Å². The smallest absolute Gasteiger partial charge is 0.257 e. The lowest BCUT2D eigenvalue weighted by Gasteiger charge is -2.27. The molecule has 0 bridgehead atoms. The molecule has 0 radical (unpaired) electrons. The number of para-hydroxylation sites is 1. The number of likely N-dealkylation sites (tertiary alicyclic amines) is 1. The Morgan fingerprint density at radius 2 is 2.03 bits per heavy atom. The molecule has 0 spiro atoms. The van der Waals surface area contributed by atoms with Crippen LogP contribution in [0.1, 0.15) is 66.6 Å². The van der Waals surface area contributed by atoms with Crippen molar-refractivity contribution in [1.82, 2.24) is 13.6 Å². The second kappa shape index (κ2) is 10.0. The number of nitrogens with one attached hydrogen (secondary N) is 2. The van der Waals surface area contributed by atoms with Crippen LogP contribution in [0.3, 0.4) is 0 Å². The van der Waals surface area contributed by atoms with Crippen LogP contribution < -0.4 is 10.8 Å². The highest BCUT2D eigenvalue weighted by atomic mass is 32.2. The molecule has 1 aromatic carbocycles. The number of aromatic amines is 1. The van der Waals surface area contributed by atoms with Crippen LogP contribution in [-0.4, -0.2) is 42.3 Å². The van der Waals surface area contributed by atoms with E-state index < -0.39 is 11.1 Å². The monoisotopic (exact) mass is 485 g/mol. The molecule has 0 aliphatic carbocycles. The van der Waals surface area contributed by atoms with Crippen LogP contribution >= 0.6 is 11.1 Å². The highest BCUT2D eigenvalue weighted by Gasteiger charge is 2.24. The SMILES string of the molecule is Cc1cc([C@H](N=c2[nH][s+]([O-])nc2Nc2cccc(C(=O)N3CCCCC3)c2O)C(C)C)oc1C. The summed E-state index contributed by atoms with van der Waals surface area (Å²) in [4.78, 5) is 19.5. The predicted molar refractivity (Wildman–Crippen MR) is 130 cm³/mol. The van der Waals surface area contributed by atoms with Crippen molar-refractivity contribution in [3.63, 3.8) is 0 Å². The van der Waals surface area contributed by atoms with E-state index in [1.807, 2.05) is 33.8 Å². The molecule has 3 N–H and O–H groups in total. The van der Waals surface area contributed by atoms with Crippen molar-refractivity contribution in [1.29, 1.82) is 0 Å². The number of nitrogens with zero attached hydrogens (tertiary/aromatic N) is 3. The number of aryl methyl sites for hydroxylation is 2. The lowest BCUT2D eigenvalue weighted by Crippen LogP contribution is -2.35. The molecule has 1 saturated heterocycles. The average Bonchev–Trinajstić information content (AvgIpc) is 3.33. The summed E-state index contributed by atoms with van der Waals surface area (Å²) in [6.45, 7) is 9.31. The Balaban J connectivity index is 1.66. The predicted octanol–water partition coefficient (Wildman–Crippen LogP) is 4.72. The van der Waals surface area contributed by atoms with E-state index in [9.17, 15) is 14.5 Å². The van der Waals surface area contributed by atoms with Crippen molar-refractivity contribution in [3.8, 4) is 5.75 Å². The summed E-state index contributed by atoms with van der Waals surface area (Å²) < 4.78 is 25.0. The first kappa shape index (κ1) is 24.0. The summed E-state index contributed by atoms with van der Waals surface area (Å²) in [6, 6.07) is 6.58. The fraction of sp³-hybridized carbons (Fsp3) is 0.458. The number of amides is 1. The van der Waals surface area contributed by atoms with Crippen LogP contribution in [0.5, 0.6) is 5.75 Å². The van der Waals surface area contributed by atoms with Crippen molar-refractivity contribution in [2.45, 2.75) is 53.0 Å². The molecule has 3 aromatic rings. The number of anilines is 2. The minimum Gasteiger partial charge on any atom is -0.548 e. The van der Waals surface area contributed by atoms with Gasteiger partial charge in [-0.2, -0.15) is 0 Å². The summed E-state index contributed by atoms with van der Waals surface area (Å²) >= 11 is -1.71. The second-order valence-corrected chi connectivity index (χ2v) is 9.91. The highest BCUT2D eigenvalue weighted by Crippen LogP contribution is 2.32. The molecule has 182 valence electrons. The molecule has 2 atom stereocenters. The summed E-state index contributed by atoms with van der Waals surface area (Å²) in [5.74, 6) is 1.50. The molecule has 34 heavy (non-hydrogen) atoms.